The summed E-state index contributed by atoms with van der Waals surface area (Å²) < 4.78 is 11.4. The molecule has 0 aliphatic carbocycles. The molecule has 1 saturated heterocycles. The van der Waals surface area contributed by atoms with Gasteiger partial charge >= 0.3 is 0 Å². The molecule has 174 valence electrons. The topological polar surface area (TPSA) is 58.1 Å². The van der Waals surface area contributed by atoms with Crippen LogP contribution in [0, 0.1) is 0 Å². The van der Waals surface area contributed by atoms with Crippen LogP contribution in [0.25, 0.3) is 0 Å². The molecule has 1 atom stereocenters. The van der Waals surface area contributed by atoms with Crippen LogP contribution in [0.15, 0.2) is 59.6 Å². The Bertz CT molecular complexity index is 789. The molecule has 2 aromatic carbocycles. The molecule has 6 heteroatoms. The monoisotopic (exact) mass is 438 g/mol. The molecule has 1 unspecified atom stereocenters. The van der Waals surface area contributed by atoms with Crippen molar-refractivity contribution in [3.63, 3.8) is 0 Å². The number of guanidine groups is 1. The molecule has 1 fully saturated rings. The van der Waals surface area contributed by atoms with Gasteiger partial charge in [0.15, 0.2) is 5.96 Å². The molecule has 0 spiro atoms. The summed E-state index contributed by atoms with van der Waals surface area (Å²) in [5, 5.41) is 6.73. The minimum Gasteiger partial charge on any atom is -0.379 e. The zero-order chi connectivity index (χ0) is 22.4. The van der Waals surface area contributed by atoms with E-state index in [1.165, 1.54) is 16.7 Å². The lowest BCUT2D eigenvalue weighted by molar-refractivity contribution is 0.0342. The molecule has 1 aliphatic heterocycles. The lowest BCUT2D eigenvalue weighted by Crippen LogP contribution is -2.38. The van der Waals surface area contributed by atoms with Crippen LogP contribution >= 0.6 is 0 Å². The van der Waals surface area contributed by atoms with Crippen molar-refractivity contribution in [3.8, 4) is 0 Å². The summed E-state index contributed by atoms with van der Waals surface area (Å²) in [5.74, 6) is 0.848. The summed E-state index contributed by atoms with van der Waals surface area (Å²) >= 11 is 0. The third-order valence-corrected chi connectivity index (χ3v) is 5.55. The number of hydrogen-bond donors (Lipinski definition) is 2. The van der Waals surface area contributed by atoms with Gasteiger partial charge in [-0.25, -0.2) is 4.99 Å². The first-order chi connectivity index (χ1) is 15.7. The van der Waals surface area contributed by atoms with E-state index >= 15 is 0 Å². The van der Waals surface area contributed by atoms with Crippen LogP contribution in [-0.4, -0.2) is 56.9 Å². The van der Waals surface area contributed by atoms with Gasteiger partial charge in [-0.05, 0) is 37.0 Å². The Hall–Kier alpha value is -2.41. The molecular weight excluding hydrogens is 400 g/mol. The summed E-state index contributed by atoms with van der Waals surface area (Å²) in [6, 6.07) is 19.1. The number of rotatable bonds is 11. The molecule has 6 nitrogen and oxygen atoms in total. The molecule has 32 heavy (non-hydrogen) atoms. The Kier molecular flexibility index (Phi) is 10.5. The van der Waals surface area contributed by atoms with Gasteiger partial charge in [0.25, 0.3) is 0 Å². The SMILES string of the molecule is CCNC(=NCc1ccc(CN2CCOCC2)cc1)NCCCOC(C)c1ccccc1. The van der Waals surface area contributed by atoms with E-state index in [-0.39, 0.29) is 6.10 Å². The Labute approximate surface area is 193 Å². The summed E-state index contributed by atoms with van der Waals surface area (Å²) in [6.07, 6.45) is 1.04. The van der Waals surface area contributed by atoms with Crippen LogP contribution in [0.2, 0.25) is 0 Å². The van der Waals surface area contributed by atoms with Crippen molar-refractivity contribution in [1.29, 1.82) is 0 Å². The fourth-order valence-corrected chi connectivity index (χ4v) is 3.64. The fourth-order valence-electron chi connectivity index (χ4n) is 3.64. The zero-order valence-corrected chi connectivity index (χ0v) is 19.6. The van der Waals surface area contributed by atoms with E-state index in [0.29, 0.717) is 13.2 Å². The predicted octanol–water partition coefficient (Wildman–Crippen LogP) is 3.74. The molecule has 0 aromatic heterocycles. The van der Waals surface area contributed by atoms with Crippen molar-refractivity contribution >= 4 is 5.96 Å². The second-order valence-electron chi connectivity index (χ2n) is 8.10. The van der Waals surface area contributed by atoms with Crippen molar-refractivity contribution in [2.45, 2.75) is 39.5 Å². The highest BCUT2D eigenvalue weighted by Crippen LogP contribution is 2.15. The molecule has 0 saturated carbocycles. The maximum Gasteiger partial charge on any atom is 0.191 e. The van der Waals surface area contributed by atoms with Gasteiger partial charge in [0.1, 0.15) is 0 Å². The molecule has 0 radical (unpaired) electrons. The summed E-state index contributed by atoms with van der Waals surface area (Å²) in [6.45, 7) is 11.9. The first-order valence-electron chi connectivity index (χ1n) is 11.8. The Morgan fingerprint density at radius 2 is 1.75 bits per heavy atom. The highest BCUT2D eigenvalue weighted by atomic mass is 16.5. The summed E-state index contributed by atoms with van der Waals surface area (Å²) in [5.41, 5.74) is 3.77. The van der Waals surface area contributed by atoms with Gasteiger partial charge in [-0.3, -0.25) is 4.90 Å². The third kappa shape index (κ3) is 8.61. The highest BCUT2D eigenvalue weighted by Gasteiger charge is 2.10. The molecule has 2 N–H and O–H groups in total. The molecular formula is C26H38N4O2. The van der Waals surface area contributed by atoms with Gasteiger partial charge in [-0.1, -0.05) is 54.6 Å². The van der Waals surface area contributed by atoms with Gasteiger partial charge in [0.05, 0.1) is 25.9 Å². The van der Waals surface area contributed by atoms with Crippen LogP contribution in [0.4, 0.5) is 0 Å². The zero-order valence-electron chi connectivity index (χ0n) is 19.6. The minimum absolute atomic E-state index is 0.115. The van der Waals surface area contributed by atoms with Gasteiger partial charge in [-0.15, -0.1) is 0 Å². The number of nitrogens with zero attached hydrogens (tertiary/aromatic N) is 2. The number of nitrogens with one attached hydrogen (secondary N) is 2. The number of hydrogen-bond acceptors (Lipinski definition) is 4. The van der Waals surface area contributed by atoms with Crippen LogP contribution in [0.3, 0.4) is 0 Å². The standard InChI is InChI=1S/C26H38N4O2/c1-3-27-26(28-14-7-17-32-22(2)25-8-5-4-6-9-25)29-20-23-10-12-24(13-11-23)21-30-15-18-31-19-16-30/h4-6,8-13,22H,3,7,14-21H2,1-2H3,(H2,27,28,29). The van der Waals surface area contributed by atoms with Crippen molar-refractivity contribution in [3.05, 3.63) is 71.3 Å². The van der Waals surface area contributed by atoms with Crippen molar-refractivity contribution < 1.29 is 9.47 Å². The van der Waals surface area contributed by atoms with Crippen molar-refractivity contribution in [1.82, 2.24) is 15.5 Å². The number of ether oxygens (including phenoxy) is 2. The Balaban J connectivity index is 1.38. The molecule has 3 rings (SSSR count). The average molecular weight is 439 g/mol. The molecule has 2 aromatic rings. The summed E-state index contributed by atoms with van der Waals surface area (Å²) in [4.78, 5) is 7.17. The first-order valence-corrected chi connectivity index (χ1v) is 11.8. The molecule has 0 bridgehead atoms. The highest BCUT2D eigenvalue weighted by molar-refractivity contribution is 5.79. The minimum atomic E-state index is 0.115. The molecule has 1 heterocycles. The maximum atomic E-state index is 5.95. The van der Waals surface area contributed by atoms with Gasteiger partial charge in [0.2, 0.25) is 0 Å². The third-order valence-electron chi connectivity index (χ3n) is 5.55. The smallest absolute Gasteiger partial charge is 0.191 e. The van der Waals surface area contributed by atoms with Gasteiger partial charge in [-0.2, -0.15) is 0 Å². The normalized spacial score (nSPS) is 16.0. The summed E-state index contributed by atoms with van der Waals surface area (Å²) in [7, 11) is 0. The predicted molar refractivity (Wildman–Crippen MR) is 131 cm³/mol. The number of benzene rings is 2. The number of morpholine rings is 1. The lowest BCUT2D eigenvalue weighted by atomic mass is 10.1. The second-order valence-corrected chi connectivity index (χ2v) is 8.10. The van der Waals surface area contributed by atoms with E-state index in [2.05, 4.69) is 65.8 Å². The van der Waals surface area contributed by atoms with Crippen LogP contribution in [0.5, 0.6) is 0 Å². The average Bonchev–Trinajstić information content (AvgIpc) is 2.84. The quantitative estimate of drug-likeness (QED) is 0.318. The fraction of sp³-hybridized carbons (Fsp3) is 0.500. The largest absolute Gasteiger partial charge is 0.379 e. The maximum absolute atomic E-state index is 5.95. The Morgan fingerprint density at radius 3 is 2.47 bits per heavy atom. The first kappa shape index (κ1) is 24.2. The van der Waals surface area contributed by atoms with E-state index in [9.17, 15) is 0 Å². The lowest BCUT2D eigenvalue weighted by Gasteiger charge is -2.26. The van der Waals surface area contributed by atoms with Crippen LogP contribution in [0.1, 0.15) is 43.1 Å². The van der Waals surface area contributed by atoms with E-state index in [1.54, 1.807) is 0 Å². The molecule has 1 aliphatic rings. The van der Waals surface area contributed by atoms with Gasteiger partial charge < -0.3 is 20.1 Å². The van der Waals surface area contributed by atoms with Crippen molar-refractivity contribution in [2.75, 3.05) is 46.0 Å². The Morgan fingerprint density at radius 1 is 1.03 bits per heavy atom. The van der Waals surface area contributed by atoms with Crippen LogP contribution < -0.4 is 10.6 Å². The van der Waals surface area contributed by atoms with Gasteiger partial charge in [0, 0.05) is 39.3 Å². The molecule has 0 amide bonds. The van der Waals surface area contributed by atoms with E-state index in [0.717, 1.165) is 58.3 Å². The van der Waals surface area contributed by atoms with E-state index in [1.807, 2.05) is 18.2 Å². The van der Waals surface area contributed by atoms with E-state index < -0.39 is 0 Å². The second kappa shape index (κ2) is 13.9. The van der Waals surface area contributed by atoms with Crippen molar-refractivity contribution in [2.24, 2.45) is 4.99 Å². The number of aliphatic imine (C=N–C) groups is 1. The van der Waals surface area contributed by atoms with E-state index in [4.69, 9.17) is 14.5 Å². The van der Waals surface area contributed by atoms with Crippen LogP contribution in [-0.2, 0) is 22.6 Å².